The molecule has 3 N–H and O–H groups in total. The molecule has 84 valence electrons. The van der Waals surface area contributed by atoms with Gasteiger partial charge in [0.25, 0.3) is 5.88 Å². The molecule has 0 aliphatic heterocycles. The molecule has 16 heavy (non-hydrogen) atoms. The molecule has 0 amide bonds. The van der Waals surface area contributed by atoms with Gasteiger partial charge in [-0.25, -0.2) is 0 Å². The smallest absolute Gasteiger partial charge is 0.272 e. The maximum atomic E-state index is 9.32. The summed E-state index contributed by atoms with van der Waals surface area (Å²) in [6.45, 7) is 0.248. The second-order valence-corrected chi connectivity index (χ2v) is 3.28. The Hall–Kier alpha value is -2.30. The first-order valence-electron chi connectivity index (χ1n) is 4.68. The van der Waals surface area contributed by atoms with Crippen molar-refractivity contribution in [2.45, 2.75) is 6.61 Å². The van der Waals surface area contributed by atoms with Crippen LogP contribution in [0.3, 0.4) is 0 Å². The van der Waals surface area contributed by atoms with Crippen LogP contribution in [0.1, 0.15) is 5.56 Å². The van der Waals surface area contributed by atoms with Crippen LogP contribution in [-0.4, -0.2) is 20.2 Å². The van der Waals surface area contributed by atoms with Crippen molar-refractivity contribution in [3.8, 4) is 17.5 Å². The second kappa shape index (κ2) is 4.06. The van der Waals surface area contributed by atoms with Crippen molar-refractivity contribution in [1.82, 2.24) is 4.73 Å². The number of rotatable bonds is 3. The first kappa shape index (κ1) is 10.2. The van der Waals surface area contributed by atoms with E-state index in [4.69, 9.17) is 15.1 Å². The van der Waals surface area contributed by atoms with Gasteiger partial charge in [0.1, 0.15) is 6.61 Å². The average molecular weight is 221 g/mol. The predicted octanol–water partition coefficient (Wildman–Crippen LogP) is 1.72. The highest BCUT2D eigenvalue weighted by molar-refractivity contribution is 5.40. The van der Waals surface area contributed by atoms with Crippen LogP contribution in [0.5, 0.6) is 17.5 Å². The molecular formula is C11H11NO4. The van der Waals surface area contributed by atoms with Gasteiger partial charge in [-0.3, -0.25) is 0 Å². The summed E-state index contributed by atoms with van der Waals surface area (Å²) in [6.07, 6.45) is 0. The second-order valence-electron chi connectivity index (χ2n) is 3.28. The molecule has 2 rings (SSSR count). The van der Waals surface area contributed by atoms with Crippen molar-refractivity contribution in [2.75, 3.05) is 0 Å². The fourth-order valence-electron chi connectivity index (χ4n) is 1.30. The molecule has 0 radical (unpaired) electrons. The Morgan fingerprint density at radius 2 is 1.81 bits per heavy atom. The third-order valence-electron chi connectivity index (χ3n) is 2.14. The number of aromatic hydroxyl groups is 2. The standard InChI is InChI=1S/C11H11NO4/c13-10-6-9(11(14)12(10)15)16-7-8-4-2-1-3-5-8/h1-6,13-15H,7H2. The van der Waals surface area contributed by atoms with Gasteiger partial charge in [0, 0.05) is 6.07 Å². The molecule has 0 atom stereocenters. The SMILES string of the molecule is Oc1cc(OCc2ccccc2)c(O)n1O. The molecule has 0 spiro atoms. The van der Waals surface area contributed by atoms with E-state index >= 15 is 0 Å². The number of hydrogen-bond donors (Lipinski definition) is 3. The number of nitrogens with zero attached hydrogens (tertiary/aromatic N) is 1. The van der Waals surface area contributed by atoms with Crippen molar-refractivity contribution >= 4 is 0 Å². The van der Waals surface area contributed by atoms with Crippen LogP contribution in [0, 0.1) is 0 Å². The van der Waals surface area contributed by atoms with Crippen LogP contribution in [0.25, 0.3) is 0 Å². The van der Waals surface area contributed by atoms with E-state index in [1.165, 1.54) is 0 Å². The molecule has 5 heteroatoms. The molecule has 2 aromatic rings. The summed E-state index contributed by atoms with van der Waals surface area (Å²) in [6, 6.07) is 10.5. The van der Waals surface area contributed by atoms with E-state index in [2.05, 4.69) is 0 Å². The van der Waals surface area contributed by atoms with Crippen LogP contribution < -0.4 is 4.74 Å². The van der Waals surface area contributed by atoms with Crippen molar-refractivity contribution < 1.29 is 20.2 Å². The highest BCUT2D eigenvalue weighted by Gasteiger charge is 2.14. The summed E-state index contributed by atoms with van der Waals surface area (Å²) in [7, 11) is 0. The van der Waals surface area contributed by atoms with Crippen LogP contribution >= 0.6 is 0 Å². The highest BCUT2D eigenvalue weighted by atomic mass is 16.5. The number of ether oxygens (including phenoxy) is 1. The first-order chi connectivity index (χ1) is 7.68. The Morgan fingerprint density at radius 3 is 2.38 bits per heavy atom. The Kier molecular flexibility index (Phi) is 2.59. The van der Waals surface area contributed by atoms with Crippen LogP contribution in [0.4, 0.5) is 0 Å². The lowest BCUT2D eigenvalue weighted by Gasteiger charge is -2.04. The molecule has 1 aromatic carbocycles. The lowest BCUT2D eigenvalue weighted by atomic mass is 10.2. The van der Waals surface area contributed by atoms with Gasteiger partial charge < -0.3 is 20.2 Å². The largest absolute Gasteiger partial charge is 0.492 e. The van der Waals surface area contributed by atoms with E-state index in [0.717, 1.165) is 11.6 Å². The molecule has 0 fully saturated rings. The van der Waals surface area contributed by atoms with E-state index in [1.54, 1.807) is 0 Å². The van der Waals surface area contributed by atoms with Crippen molar-refractivity contribution in [1.29, 1.82) is 0 Å². The van der Waals surface area contributed by atoms with Gasteiger partial charge in [0.15, 0.2) is 5.75 Å². The van der Waals surface area contributed by atoms with Gasteiger partial charge in [-0.2, -0.15) is 0 Å². The monoisotopic (exact) mass is 221 g/mol. The molecule has 0 saturated heterocycles. The topological polar surface area (TPSA) is 74.8 Å². The van der Waals surface area contributed by atoms with Gasteiger partial charge in [0.05, 0.1) is 0 Å². The Balaban J connectivity index is 2.08. The van der Waals surface area contributed by atoms with Crippen LogP contribution in [0.15, 0.2) is 36.4 Å². The Labute approximate surface area is 91.7 Å². The van der Waals surface area contributed by atoms with E-state index < -0.39 is 11.8 Å². The van der Waals surface area contributed by atoms with Crippen molar-refractivity contribution in [3.05, 3.63) is 42.0 Å². The summed E-state index contributed by atoms with van der Waals surface area (Å²) in [5.41, 5.74) is 0.923. The zero-order valence-corrected chi connectivity index (χ0v) is 8.37. The summed E-state index contributed by atoms with van der Waals surface area (Å²) < 4.78 is 5.48. The third-order valence-corrected chi connectivity index (χ3v) is 2.14. The van der Waals surface area contributed by atoms with Gasteiger partial charge in [-0.1, -0.05) is 30.3 Å². The maximum absolute atomic E-state index is 9.32. The lowest BCUT2D eigenvalue weighted by Crippen LogP contribution is -1.94. The van der Waals surface area contributed by atoms with Gasteiger partial charge in [0.2, 0.25) is 5.88 Å². The summed E-state index contributed by atoms with van der Waals surface area (Å²) >= 11 is 0. The zero-order valence-electron chi connectivity index (χ0n) is 8.37. The van der Waals surface area contributed by atoms with E-state index in [0.29, 0.717) is 0 Å². The molecular weight excluding hydrogens is 210 g/mol. The summed E-state index contributed by atoms with van der Waals surface area (Å²) in [4.78, 5) is 0. The van der Waals surface area contributed by atoms with E-state index in [9.17, 15) is 5.11 Å². The van der Waals surface area contributed by atoms with Gasteiger partial charge >= 0.3 is 0 Å². The molecule has 1 aromatic heterocycles. The maximum Gasteiger partial charge on any atom is 0.272 e. The van der Waals surface area contributed by atoms with Crippen molar-refractivity contribution in [3.63, 3.8) is 0 Å². The number of hydrogen-bond acceptors (Lipinski definition) is 4. The molecule has 0 aliphatic carbocycles. The quantitative estimate of drug-likeness (QED) is 0.690. The molecule has 0 bridgehead atoms. The van der Waals surface area contributed by atoms with Crippen molar-refractivity contribution in [2.24, 2.45) is 0 Å². The Morgan fingerprint density at radius 1 is 1.12 bits per heavy atom. The normalized spacial score (nSPS) is 10.2. The van der Waals surface area contributed by atoms with E-state index in [1.807, 2.05) is 30.3 Å². The molecule has 0 unspecified atom stereocenters. The number of benzene rings is 1. The number of aromatic nitrogens is 1. The molecule has 0 aliphatic rings. The first-order valence-corrected chi connectivity index (χ1v) is 4.68. The van der Waals surface area contributed by atoms with Crippen LogP contribution in [-0.2, 0) is 6.61 Å². The lowest BCUT2D eigenvalue weighted by molar-refractivity contribution is 0.127. The minimum absolute atomic E-state index is 0.0313. The van der Waals surface area contributed by atoms with Crippen LogP contribution in [0.2, 0.25) is 0 Å². The third kappa shape index (κ3) is 1.88. The summed E-state index contributed by atoms with van der Waals surface area (Å²) in [5, 5.41) is 27.5. The average Bonchev–Trinajstić information content (AvgIpc) is 2.56. The zero-order chi connectivity index (χ0) is 11.5. The summed E-state index contributed by atoms with van der Waals surface area (Å²) in [5.74, 6) is -0.960. The van der Waals surface area contributed by atoms with Gasteiger partial charge in [-0.15, -0.1) is 4.73 Å². The molecule has 0 saturated carbocycles. The van der Waals surface area contributed by atoms with Gasteiger partial charge in [-0.05, 0) is 5.56 Å². The molecule has 5 nitrogen and oxygen atoms in total. The van der Waals surface area contributed by atoms with E-state index in [-0.39, 0.29) is 17.1 Å². The Bertz CT molecular complexity index is 478. The molecule has 1 heterocycles. The fourth-order valence-corrected chi connectivity index (χ4v) is 1.30. The minimum atomic E-state index is -0.520. The fraction of sp³-hybridized carbons (Fsp3) is 0.0909. The predicted molar refractivity (Wildman–Crippen MR) is 55.7 cm³/mol. The highest BCUT2D eigenvalue weighted by Crippen LogP contribution is 2.33. The minimum Gasteiger partial charge on any atom is -0.492 e.